The van der Waals surface area contributed by atoms with Crippen LogP contribution in [0.3, 0.4) is 0 Å². The maximum absolute atomic E-state index is 4.24. The van der Waals surface area contributed by atoms with Crippen molar-refractivity contribution in [2.75, 3.05) is 13.1 Å². The summed E-state index contributed by atoms with van der Waals surface area (Å²) in [4.78, 5) is 5.70. The third kappa shape index (κ3) is 3.74. The number of hydrogen-bond acceptors (Lipinski definition) is 4. The van der Waals surface area contributed by atoms with Crippen LogP contribution in [0.25, 0.3) is 0 Å². The van der Waals surface area contributed by atoms with Gasteiger partial charge in [-0.05, 0) is 24.4 Å². The summed E-state index contributed by atoms with van der Waals surface area (Å²) in [6, 6.07) is 4.29. The highest BCUT2D eigenvalue weighted by Gasteiger charge is 1.96. The van der Waals surface area contributed by atoms with Gasteiger partial charge in [0.2, 0.25) is 0 Å². The molecule has 4 heteroatoms. The summed E-state index contributed by atoms with van der Waals surface area (Å²) < 4.78 is 0. The zero-order valence-corrected chi connectivity index (χ0v) is 10.1. The maximum Gasteiger partial charge on any atom is 0.0937 e. The standard InChI is InChI=1S/C11H14N2S2/c1-2-10(14-8-1)3-5-12-6-4-11-13-7-9-15-11/h1-2,7-9,12H,3-6H2. The number of aromatic nitrogens is 1. The van der Waals surface area contributed by atoms with Crippen molar-refractivity contribution in [3.63, 3.8) is 0 Å². The Bertz CT molecular complexity index is 318. The second kappa shape index (κ2) is 6.00. The molecule has 0 fully saturated rings. The van der Waals surface area contributed by atoms with Crippen LogP contribution in [0, 0.1) is 0 Å². The lowest BCUT2D eigenvalue weighted by atomic mass is 10.3. The van der Waals surface area contributed by atoms with E-state index < -0.39 is 0 Å². The van der Waals surface area contributed by atoms with Crippen molar-refractivity contribution in [1.82, 2.24) is 10.3 Å². The van der Waals surface area contributed by atoms with E-state index in [1.807, 2.05) is 22.9 Å². The molecular formula is C11H14N2S2. The highest BCUT2D eigenvalue weighted by molar-refractivity contribution is 7.10. The summed E-state index contributed by atoms with van der Waals surface area (Å²) in [5.74, 6) is 0. The van der Waals surface area contributed by atoms with E-state index in [4.69, 9.17) is 0 Å². The molecule has 2 rings (SSSR count). The van der Waals surface area contributed by atoms with E-state index in [2.05, 4.69) is 27.8 Å². The molecule has 0 atom stereocenters. The Morgan fingerprint density at radius 2 is 2.07 bits per heavy atom. The molecule has 0 aliphatic heterocycles. The molecule has 0 bridgehead atoms. The van der Waals surface area contributed by atoms with Crippen LogP contribution in [0.4, 0.5) is 0 Å². The molecule has 15 heavy (non-hydrogen) atoms. The Balaban J connectivity index is 1.56. The number of nitrogens with one attached hydrogen (secondary N) is 1. The number of thiazole rings is 1. The predicted molar refractivity (Wildman–Crippen MR) is 66.7 cm³/mol. The molecule has 0 unspecified atom stereocenters. The quantitative estimate of drug-likeness (QED) is 0.782. The van der Waals surface area contributed by atoms with Crippen molar-refractivity contribution in [1.29, 1.82) is 0 Å². The van der Waals surface area contributed by atoms with Crippen LogP contribution < -0.4 is 5.32 Å². The first-order valence-electron chi connectivity index (χ1n) is 5.06. The normalized spacial score (nSPS) is 10.7. The Morgan fingerprint density at radius 1 is 1.13 bits per heavy atom. The number of thiophene rings is 1. The summed E-state index contributed by atoms with van der Waals surface area (Å²) >= 11 is 3.56. The van der Waals surface area contributed by atoms with Crippen LogP contribution in [0.15, 0.2) is 29.1 Å². The molecule has 1 N–H and O–H groups in total. The lowest BCUT2D eigenvalue weighted by Gasteiger charge is -2.01. The van der Waals surface area contributed by atoms with Crippen molar-refractivity contribution >= 4 is 22.7 Å². The van der Waals surface area contributed by atoms with E-state index in [-0.39, 0.29) is 0 Å². The molecule has 80 valence electrons. The van der Waals surface area contributed by atoms with Crippen LogP contribution in [0.1, 0.15) is 9.88 Å². The van der Waals surface area contributed by atoms with Crippen LogP contribution >= 0.6 is 22.7 Å². The zero-order chi connectivity index (χ0) is 10.3. The van der Waals surface area contributed by atoms with E-state index in [1.165, 1.54) is 9.88 Å². The van der Waals surface area contributed by atoms with Gasteiger partial charge in [-0.25, -0.2) is 4.98 Å². The Hall–Kier alpha value is -0.710. The van der Waals surface area contributed by atoms with Gasteiger partial charge in [-0.3, -0.25) is 0 Å². The largest absolute Gasteiger partial charge is 0.316 e. The van der Waals surface area contributed by atoms with Gasteiger partial charge in [0.1, 0.15) is 0 Å². The molecule has 0 aliphatic rings. The minimum absolute atomic E-state index is 1.03. The topological polar surface area (TPSA) is 24.9 Å². The van der Waals surface area contributed by atoms with Gasteiger partial charge in [0, 0.05) is 29.4 Å². The van der Waals surface area contributed by atoms with Crippen molar-refractivity contribution in [2.24, 2.45) is 0 Å². The highest BCUT2D eigenvalue weighted by Crippen LogP contribution is 2.08. The van der Waals surface area contributed by atoms with Gasteiger partial charge in [-0.1, -0.05) is 6.07 Å². The first kappa shape index (κ1) is 10.8. The second-order valence-electron chi connectivity index (χ2n) is 3.26. The molecule has 2 nitrogen and oxygen atoms in total. The second-order valence-corrected chi connectivity index (χ2v) is 5.27. The first-order valence-corrected chi connectivity index (χ1v) is 6.82. The van der Waals surface area contributed by atoms with Gasteiger partial charge in [-0.2, -0.15) is 0 Å². The molecular weight excluding hydrogens is 224 g/mol. The van der Waals surface area contributed by atoms with Crippen molar-refractivity contribution in [2.45, 2.75) is 12.8 Å². The summed E-state index contributed by atoms with van der Waals surface area (Å²) in [6.45, 7) is 2.09. The molecule has 0 radical (unpaired) electrons. The van der Waals surface area contributed by atoms with Crippen LogP contribution in [0.5, 0.6) is 0 Å². The maximum atomic E-state index is 4.24. The molecule has 2 aromatic rings. The van der Waals surface area contributed by atoms with E-state index in [9.17, 15) is 0 Å². The minimum atomic E-state index is 1.03. The number of nitrogens with zero attached hydrogens (tertiary/aromatic N) is 1. The number of rotatable bonds is 6. The molecule has 0 aromatic carbocycles. The summed E-state index contributed by atoms with van der Waals surface area (Å²) in [7, 11) is 0. The molecule has 0 aliphatic carbocycles. The fraction of sp³-hybridized carbons (Fsp3) is 0.364. The fourth-order valence-electron chi connectivity index (χ4n) is 1.36. The van der Waals surface area contributed by atoms with Gasteiger partial charge in [0.25, 0.3) is 0 Å². The third-order valence-corrected chi connectivity index (χ3v) is 3.90. The smallest absolute Gasteiger partial charge is 0.0937 e. The Kier molecular flexibility index (Phi) is 4.32. The minimum Gasteiger partial charge on any atom is -0.316 e. The van der Waals surface area contributed by atoms with Crippen molar-refractivity contribution in [3.05, 3.63) is 39.0 Å². The molecule has 2 heterocycles. The summed E-state index contributed by atoms with van der Waals surface area (Å²) in [6.07, 6.45) is 4.04. The summed E-state index contributed by atoms with van der Waals surface area (Å²) in [5.41, 5.74) is 0. The highest BCUT2D eigenvalue weighted by atomic mass is 32.1. The SMILES string of the molecule is c1csc(CCNCCc2nccs2)c1. The zero-order valence-electron chi connectivity index (χ0n) is 8.48. The molecule has 0 spiro atoms. The van der Waals surface area contributed by atoms with Crippen LogP contribution in [-0.2, 0) is 12.8 Å². The third-order valence-electron chi connectivity index (χ3n) is 2.13. The van der Waals surface area contributed by atoms with Crippen LogP contribution in [0.2, 0.25) is 0 Å². The average Bonchev–Trinajstić information content (AvgIpc) is 2.88. The van der Waals surface area contributed by atoms with E-state index in [0.29, 0.717) is 0 Å². The first-order chi connectivity index (χ1) is 7.45. The number of hydrogen-bond donors (Lipinski definition) is 1. The lowest BCUT2D eigenvalue weighted by molar-refractivity contribution is 0.683. The molecule has 0 amide bonds. The van der Waals surface area contributed by atoms with Crippen molar-refractivity contribution < 1.29 is 0 Å². The average molecular weight is 238 g/mol. The molecule has 0 saturated heterocycles. The summed E-state index contributed by atoms with van der Waals surface area (Å²) in [5, 5.41) is 8.81. The predicted octanol–water partition coefficient (Wildman–Crippen LogP) is 2.58. The van der Waals surface area contributed by atoms with E-state index >= 15 is 0 Å². The fourth-order valence-corrected chi connectivity index (χ4v) is 2.69. The van der Waals surface area contributed by atoms with E-state index in [0.717, 1.165) is 25.9 Å². The lowest BCUT2D eigenvalue weighted by Crippen LogP contribution is -2.19. The monoisotopic (exact) mass is 238 g/mol. The Labute approximate surface area is 98.0 Å². The Morgan fingerprint density at radius 3 is 2.80 bits per heavy atom. The van der Waals surface area contributed by atoms with Gasteiger partial charge >= 0.3 is 0 Å². The molecule has 2 aromatic heterocycles. The van der Waals surface area contributed by atoms with Gasteiger partial charge < -0.3 is 5.32 Å². The van der Waals surface area contributed by atoms with Crippen molar-refractivity contribution in [3.8, 4) is 0 Å². The van der Waals surface area contributed by atoms with Gasteiger partial charge in [0.05, 0.1) is 5.01 Å². The van der Waals surface area contributed by atoms with E-state index in [1.54, 1.807) is 11.3 Å². The van der Waals surface area contributed by atoms with Crippen LogP contribution in [-0.4, -0.2) is 18.1 Å². The van der Waals surface area contributed by atoms with Gasteiger partial charge in [-0.15, -0.1) is 22.7 Å². The molecule has 0 saturated carbocycles. The van der Waals surface area contributed by atoms with Gasteiger partial charge in [0.15, 0.2) is 0 Å².